The molecule has 0 unspecified atom stereocenters. The fourth-order valence-electron chi connectivity index (χ4n) is 3.27. The van der Waals surface area contributed by atoms with E-state index in [9.17, 15) is 0 Å². The second kappa shape index (κ2) is 5.54. The van der Waals surface area contributed by atoms with Gasteiger partial charge in [-0.05, 0) is 51.7 Å². The van der Waals surface area contributed by atoms with E-state index in [0.717, 1.165) is 4.47 Å². The van der Waals surface area contributed by atoms with Crippen LogP contribution in [-0.2, 0) is 0 Å². The fraction of sp³-hybridized carbons (Fsp3) is 0.143. The van der Waals surface area contributed by atoms with Crippen LogP contribution in [0.1, 0.15) is 25.3 Å². The van der Waals surface area contributed by atoms with Crippen LogP contribution in [0.2, 0.25) is 0 Å². The molecule has 4 rings (SSSR count). The van der Waals surface area contributed by atoms with E-state index >= 15 is 0 Å². The van der Waals surface area contributed by atoms with Crippen LogP contribution in [0.4, 0.5) is 0 Å². The minimum atomic E-state index is 0.520. The molecule has 23 heavy (non-hydrogen) atoms. The highest BCUT2D eigenvalue weighted by Gasteiger charge is 2.14. The highest BCUT2D eigenvalue weighted by molar-refractivity contribution is 9.10. The molecule has 0 aliphatic heterocycles. The molecule has 3 aromatic carbocycles. The normalized spacial score (nSPS) is 11.7. The summed E-state index contributed by atoms with van der Waals surface area (Å²) in [4.78, 5) is 0. The van der Waals surface area contributed by atoms with Crippen LogP contribution in [0.15, 0.2) is 71.2 Å². The Kier molecular flexibility index (Phi) is 3.50. The van der Waals surface area contributed by atoms with E-state index in [0.29, 0.717) is 5.92 Å². The Labute approximate surface area is 144 Å². The molecule has 114 valence electrons. The summed E-state index contributed by atoms with van der Waals surface area (Å²) in [5.41, 5.74) is 5.06. The van der Waals surface area contributed by atoms with Gasteiger partial charge in [-0.2, -0.15) is 0 Å². The quantitative estimate of drug-likeness (QED) is 0.374. The first-order chi connectivity index (χ1) is 11.2. The van der Waals surface area contributed by atoms with Crippen LogP contribution in [0.5, 0.6) is 0 Å². The standard InChI is InChI=1S/C21H18BrN/c1-14(2)15-7-5-8-16(13-15)23-20-12-4-3-9-17(20)18-10-6-11-19(22)21(18)23/h3-14H,1-2H3. The van der Waals surface area contributed by atoms with Gasteiger partial charge in [0.05, 0.1) is 11.0 Å². The smallest absolute Gasteiger partial charge is 0.0683 e. The van der Waals surface area contributed by atoms with E-state index in [1.54, 1.807) is 0 Å². The minimum absolute atomic E-state index is 0.520. The molecule has 4 aromatic rings. The molecule has 1 aromatic heterocycles. The van der Waals surface area contributed by atoms with Gasteiger partial charge < -0.3 is 4.57 Å². The Morgan fingerprint density at radius 1 is 0.826 bits per heavy atom. The zero-order chi connectivity index (χ0) is 16.0. The SMILES string of the molecule is CC(C)c1cccc(-n2c3ccccc3c3cccc(Br)c32)c1. The van der Waals surface area contributed by atoms with Crippen LogP contribution < -0.4 is 0 Å². The summed E-state index contributed by atoms with van der Waals surface area (Å²) in [6, 6.07) is 23.9. The Morgan fingerprint density at radius 3 is 2.39 bits per heavy atom. The molecular formula is C21H18BrN. The van der Waals surface area contributed by atoms with Crippen LogP contribution in [0, 0.1) is 0 Å². The summed E-state index contributed by atoms with van der Waals surface area (Å²) in [5.74, 6) is 0.520. The lowest BCUT2D eigenvalue weighted by Gasteiger charge is -2.12. The van der Waals surface area contributed by atoms with Crippen molar-refractivity contribution in [2.24, 2.45) is 0 Å². The van der Waals surface area contributed by atoms with Gasteiger partial charge in [-0.15, -0.1) is 0 Å². The molecule has 0 spiro atoms. The molecule has 0 atom stereocenters. The summed E-state index contributed by atoms with van der Waals surface area (Å²) in [6.45, 7) is 4.47. The Balaban J connectivity index is 2.15. The fourth-order valence-corrected chi connectivity index (χ4v) is 3.81. The molecule has 0 radical (unpaired) electrons. The highest BCUT2D eigenvalue weighted by Crippen LogP contribution is 2.36. The number of fused-ring (bicyclic) bond motifs is 3. The van der Waals surface area contributed by atoms with Gasteiger partial charge in [0.1, 0.15) is 0 Å². The predicted octanol–water partition coefficient (Wildman–Crippen LogP) is 6.67. The van der Waals surface area contributed by atoms with Gasteiger partial charge in [-0.1, -0.05) is 56.3 Å². The molecule has 0 aliphatic carbocycles. The number of halogens is 1. The second-order valence-corrected chi connectivity index (χ2v) is 7.09. The Bertz CT molecular complexity index is 1010. The molecule has 0 N–H and O–H groups in total. The molecule has 0 saturated heterocycles. The van der Waals surface area contributed by atoms with Gasteiger partial charge in [0.25, 0.3) is 0 Å². The van der Waals surface area contributed by atoms with Crippen molar-refractivity contribution in [2.45, 2.75) is 19.8 Å². The lowest BCUT2D eigenvalue weighted by Crippen LogP contribution is -1.96. The summed E-state index contributed by atoms with van der Waals surface area (Å²) in [6.07, 6.45) is 0. The average molecular weight is 364 g/mol. The second-order valence-electron chi connectivity index (χ2n) is 6.24. The number of aromatic nitrogens is 1. The first-order valence-electron chi connectivity index (χ1n) is 7.95. The predicted molar refractivity (Wildman–Crippen MR) is 103 cm³/mol. The highest BCUT2D eigenvalue weighted by atomic mass is 79.9. The van der Waals surface area contributed by atoms with Crippen molar-refractivity contribution in [3.8, 4) is 5.69 Å². The third-order valence-corrected chi connectivity index (χ3v) is 5.08. The minimum Gasteiger partial charge on any atom is -0.308 e. The Morgan fingerprint density at radius 2 is 1.57 bits per heavy atom. The van der Waals surface area contributed by atoms with Crippen molar-refractivity contribution < 1.29 is 0 Å². The van der Waals surface area contributed by atoms with Gasteiger partial charge in [0, 0.05) is 20.9 Å². The Hall–Kier alpha value is -2.06. The topological polar surface area (TPSA) is 4.93 Å². The van der Waals surface area contributed by atoms with Crippen molar-refractivity contribution in [2.75, 3.05) is 0 Å². The maximum Gasteiger partial charge on any atom is 0.0683 e. The molecule has 1 nitrogen and oxygen atoms in total. The van der Waals surface area contributed by atoms with Gasteiger partial charge in [-0.25, -0.2) is 0 Å². The maximum absolute atomic E-state index is 3.75. The van der Waals surface area contributed by atoms with E-state index in [4.69, 9.17) is 0 Å². The van der Waals surface area contributed by atoms with Gasteiger partial charge in [0.15, 0.2) is 0 Å². The monoisotopic (exact) mass is 363 g/mol. The zero-order valence-corrected chi connectivity index (χ0v) is 14.8. The molecular weight excluding hydrogens is 346 g/mol. The number of rotatable bonds is 2. The molecule has 0 aliphatic rings. The van der Waals surface area contributed by atoms with E-state index in [1.165, 1.54) is 33.1 Å². The van der Waals surface area contributed by atoms with Crippen LogP contribution in [0.3, 0.4) is 0 Å². The number of nitrogens with zero attached hydrogens (tertiary/aromatic N) is 1. The summed E-state index contributed by atoms with van der Waals surface area (Å²) >= 11 is 3.75. The molecule has 0 saturated carbocycles. The van der Waals surface area contributed by atoms with E-state index in [2.05, 4.69) is 101 Å². The molecule has 2 heteroatoms. The van der Waals surface area contributed by atoms with E-state index in [-0.39, 0.29) is 0 Å². The maximum atomic E-state index is 3.75. The number of benzene rings is 3. The lowest BCUT2D eigenvalue weighted by atomic mass is 10.0. The van der Waals surface area contributed by atoms with Gasteiger partial charge in [-0.3, -0.25) is 0 Å². The van der Waals surface area contributed by atoms with Gasteiger partial charge >= 0.3 is 0 Å². The summed E-state index contributed by atoms with van der Waals surface area (Å²) < 4.78 is 3.49. The van der Waals surface area contributed by atoms with Crippen molar-refractivity contribution in [1.29, 1.82) is 0 Å². The summed E-state index contributed by atoms with van der Waals surface area (Å²) in [7, 11) is 0. The molecule has 0 fully saturated rings. The molecule has 1 heterocycles. The largest absolute Gasteiger partial charge is 0.308 e. The average Bonchev–Trinajstić information content (AvgIpc) is 2.91. The number of para-hydroxylation sites is 2. The molecule has 0 bridgehead atoms. The first kappa shape index (κ1) is 14.5. The van der Waals surface area contributed by atoms with Crippen molar-refractivity contribution in [3.05, 3.63) is 76.8 Å². The summed E-state index contributed by atoms with van der Waals surface area (Å²) in [5, 5.41) is 2.57. The third-order valence-electron chi connectivity index (χ3n) is 4.44. The van der Waals surface area contributed by atoms with Crippen molar-refractivity contribution in [3.63, 3.8) is 0 Å². The van der Waals surface area contributed by atoms with Crippen LogP contribution >= 0.6 is 15.9 Å². The zero-order valence-electron chi connectivity index (χ0n) is 13.3. The van der Waals surface area contributed by atoms with Crippen LogP contribution in [-0.4, -0.2) is 4.57 Å². The lowest BCUT2D eigenvalue weighted by molar-refractivity contribution is 0.864. The van der Waals surface area contributed by atoms with Crippen LogP contribution in [0.25, 0.3) is 27.5 Å². The van der Waals surface area contributed by atoms with Crippen molar-refractivity contribution in [1.82, 2.24) is 4.57 Å². The third kappa shape index (κ3) is 2.29. The van der Waals surface area contributed by atoms with Gasteiger partial charge in [0.2, 0.25) is 0 Å². The first-order valence-corrected chi connectivity index (χ1v) is 8.74. The van der Waals surface area contributed by atoms with Crippen molar-refractivity contribution >= 4 is 37.7 Å². The van der Waals surface area contributed by atoms with E-state index < -0.39 is 0 Å². The number of hydrogen-bond acceptors (Lipinski definition) is 0. The number of hydrogen-bond donors (Lipinski definition) is 0. The molecule has 0 amide bonds. The van der Waals surface area contributed by atoms with E-state index in [1.807, 2.05) is 0 Å².